The predicted octanol–water partition coefficient (Wildman–Crippen LogP) is 5.88. The molecule has 1 aromatic carbocycles. The van der Waals surface area contributed by atoms with Crippen molar-refractivity contribution < 1.29 is 17.9 Å². The largest absolute Gasteiger partial charge is 0.462 e. The van der Waals surface area contributed by atoms with Crippen LogP contribution < -0.4 is 0 Å². The van der Waals surface area contributed by atoms with Crippen molar-refractivity contribution in [3.05, 3.63) is 53.6 Å². The summed E-state index contributed by atoms with van der Waals surface area (Å²) in [4.78, 5) is 14.1. The lowest BCUT2D eigenvalue weighted by atomic mass is 10.1. The third kappa shape index (κ3) is 11.2. The topological polar surface area (TPSA) is 63.7 Å². The summed E-state index contributed by atoms with van der Waals surface area (Å²) in [6.45, 7) is 2.46. The van der Waals surface area contributed by atoms with Gasteiger partial charge < -0.3 is 9.64 Å². The number of ether oxygens (including phenoxy) is 1. The highest BCUT2D eigenvalue weighted by Crippen LogP contribution is 2.21. The van der Waals surface area contributed by atoms with Crippen LogP contribution in [0, 0.1) is 0 Å². The summed E-state index contributed by atoms with van der Waals surface area (Å²) in [6.07, 6.45) is 16.4. The van der Waals surface area contributed by atoms with Crippen molar-refractivity contribution in [2.24, 2.45) is 0 Å². The molecule has 5 nitrogen and oxygen atoms in total. The fourth-order valence-electron chi connectivity index (χ4n) is 3.12. The lowest BCUT2D eigenvalue weighted by molar-refractivity contribution is -0.138. The molecule has 0 fully saturated rings. The minimum atomic E-state index is -3.95. The number of rotatable bonds is 16. The first kappa shape index (κ1) is 27.0. The molecular weight excluding hydrogens is 410 g/mol. The van der Waals surface area contributed by atoms with E-state index in [2.05, 4.69) is 6.92 Å². The molecule has 0 aliphatic heterocycles. The SMILES string of the molecule is CCCCCCCCCCCCOC(=O)C(=CC=CN(C)C)S(=O)(=O)c1ccccc1. The van der Waals surface area contributed by atoms with E-state index in [0.717, 1.165) is 19.3 Å². The van der Waals surface area contributed by atoms with Gasteiger partial charge in [0, 0.05) is 14.1 Å². The molecule has 0 bridgehead atoms. The van der Waals surface area contributed by atoms with E-state index in [4.69, 9.17) is 4.74 Å². The Kier molecular flexibility index (Phi) is 13.6. The maximum atomic E-state index is 12.9. The van der Waals surface area contributed by atoms with Gasteiger partial charge in [-0.3, -0.25) is 0 Å². The average molecular weight is 450 g/mol. The van der Waals surface area contributed by atoms with Gasteiger partial charge in [0.25, 0.3) is 0 Å². The summed E-state index contributed by atoms with van der Waals surface area (Å²) in [6, 6.07) is 7.96. The Morgan fingerprint density at radius 1 is 0.903 bits per heavy atom. The summed E-state index contributed by atoms with van der Waals surface area (Å²) in [5.41, 5.74) is 0. The van der Waals surface area contributed by atoms with Crippen molar-refractivity contribution in [2.75, 3.05) is 20.7 Å². The summed E-state index contributed by atoms with van der Waals surface area (Å²) in [7, 11) is -0.309. The van der Waals surface area contributed by atoms with Crippen LogP contribution in [-0.4, -0.2) is 40.0 Å². The van der Waals surface area contributed by atoms with Crippen LogP contribution in [0.25, 0.3) is 0 Å². The number of carbonyl (C=O) groups excluding carboxylic acids is 1. The minimum Gasteiger partial charge on any atom is -0.462 e. The lowest BCUT2D eigenvalue weighted by Crippen LogP contribution is -2.17. The fraction of sp³-hybridized carbons (Fsp3) is 0.560. The molecule has 0 saturated heterocycles. The van der Waals surface area contributed by atoms with Gasteiger partial charge in [0.15, 0.2) is 4.91 Å². The Balaban J connectivity index is 2.53. The number of sulfone groups is 1. The highest BCUT2D eigenvalue weighted by Gasteiger charge is 2.27. The summed E-state index contributed by atoms with van der Waals surface area (Å²) >= 11 is 0. The summed E-state index contributed by atoms with van der Waals surface area (Å²) < 4.78 is 31.2. The molecular formula is C25H39NO4S. The zero-order valence-corrected chi connectivity index (χ0v) is 20.2. The zero-order valence-electron chi connectivity index (χ0n) is 19.4. The molecule has 0 heterocycles. The van der Waals surface area contributed by atoms with Crippen LogP contribution in [0.15, 0.2) is 58.5 Å². The Bertz CT molecular complexity index is 783. The van der Waals surface area contributed by atoms with E-state index >= 15 is 0 Å². The fourth-order valence-corrected chi connectivity index (χ4v) is 4.43. The second kappa shape index (κ2) is 15.7. The number of carbonyl (C=O) groups is 1. The van der Waals surface area contributed by atoms with Crippen molar-refractivity contribution in [3.63, 3.8) is 0 Å². The highest BCUT2D eigenvalue weighted by molar-refractivity contribution is 7.96. The first-order valence-corrected chi connectivity index (χ1v) is 12.9. The molecule has 1 aromatic rings. The van der Waals surface area contributed by atoms with Crippen molar-refractivity contribution in [2.45, 2.75) is 76.0 Å². The second-order valence-electron chi connectivity index (χ2n) is 7.97. The first-order chi connectivity index (χ1) is 14.9. The number of hydrogen-bond acceptors (Lipinski definition) is 5. The Labute approximate surface area is 189 Å². The van der Waals surface area contributed by atoms with Gasteiger partial charge in [0.2, 0.25) is 9.84 Å². The van der Waals surface area contributed by atoms with E-state index in [0.29, 0.717) is 0 Å². The zero-order chi connectivity index (χ0) is 23.0. The molecule has 0 aromatic heterocycles. The molecule has 0 radical (unpaired) electrons. The summed E-state index contributed by atoms with van der Waals surface area (Å²) in [5.74, 6) is -0.803. The molecule has 0 atom stereocenters. The number of allylic oxidation sites excluding steroid dienone is 2. The Hall–Kier alpha value is -2.08. The normalized spacial score (nSPS) is 12.3. The van der Waals surface area contributed by atoms with E-state index in [1.807, 2.05) is 14.1 Å². The van der Waals surface area contributed by atoms with Gasteiger partial charge >= 0.3 is 5.97 Å². The predicted molar refractivity (Wildman–Crippen MR) is 127 cm³/mol. The molecule has 31 heavy (non-hydrogen) atoms. The van der Waals surface area contributed by atoms with Gasteiger partial charge in [-0.25, -0.2) is 13.2 Å². The van der Waals surface area contributed by atoms with E-state index in [-0.39, 0.29) is 16.4 Å². The highest BCUT2D eigenvalue weighted by atomic mass is 32.2. The molecule has 0 saturated carbocycles. The molecule has 174 valence electrons. The molecule has 0 N–H and O–H groups in total. The average Bonchev–Trinajstić information content (AvgIpc) is 2.75. The molecule has 1 rings (SSSR count). The number of unbranched alkanes of at least 4 members (excludes halogenated alkanes) is 9. The first-order valence-electron chi connectivity index (χ1n) is 11.4. The minimum absolute atomic E-state index is 0.0791. The van der Waals surface area contributed by atoms with Gasteiger partial charge in [-0.05, 0) is 36.9 Å². The van der Waals surface area contributed by atoms with Gasteiger partial charge in [0.1, 0.15) is 0 Å². The van der Waals surface area contributed by atoms with Crippen LogP contribution in [-0.2, 0) is 19.4 Å². The van der Waals surface area contributed by atoms with Crippen LogP contribution in [0.1, 0.15) is 71.1 Å². The molecule has 0 unspecified atom stereocenters. The Morgan fingerprint density at radius 2 is 1.45 bits per heavy atom. The van der Waals surface area contributed by atoms with E-state index in [1.54, 1.807) is 29.3 Å². The molecule has 0 spiro atoms. The third-order valence-electron chi connectivity index (χ3n) is 4.91. The molecule has 0 amide bonds. The van der Waals surface area contributed by atoms with Crippen LogP contribution in [0.2, 0.25) is 0 Å². The van der Waals surface area contributed by atoms with Crippen molar-refractivity contribution in [1.29, 1.82) is 0 Å². The second-order valence-corrected chi connectivity index (χ2v) is 9.89. The van der Waals surface area contributed by atoms with Crippen LogP contribution in [0.3, 0.4) is 0 Å². The van der Waals surface area contributed by atoms with Crippen LogP contribution in [0.5, 0.6) is 0 Å². The van der Waals surface area contributed by atoms with E-state index in [1.165, 1.54) is 69.2 Å². The maximum Gasteiger partial charge on any atom is 0.350 e. The number of benzene rings is 1. The number of hydrogen-bond donors (Lipinski definition) is 0. The van der Waals surface area contributed by atoms with Gasteiger partial charge in [0.05, 0.1) is 11.5 Å². The third-order valence-corrected chi connectivity index (χ3v) is 6.68. The summed E-state index contributed by atoms with van der Waals surface area (Å²) in [5, 5.41) is 0. The van der Waals surface area contributed by atoms with Crippen LogP contribution in [0.4, 0.5) is 0 Å². The molecule has 0 aliphatic rings. The van der Waals surface area contributed by atoms with Gasteiger partial charge in [-0.15, -0.1) is 0 Å². The quantitative estimate of drug-likeness (QED) is 0.136. The molecule has 0 aliphatic carbocycles. The molecule has 6 heteroatoms. The van der Waals surface area contributed by atoms with Gasteiger partial charge in [-0.2, -0.15) is 0 Å². The van der Waals surface area contributed by atoms with Gasteiger partial charge in [-0.1, -0.05) is 82.9 Å². The van der Waals surface area contributed by atoms with Crippen molar-refractivity contribution >= 4 is 15.8 Å². The standard InChI is InChI=1S/C25H39NO4S/c1-4-5-6-7-8-9-10-11-12-16-22-30-25(27)24(20-17-21-26(2)3)31(28,29)23-18-14-13-15-19-23/h13-15,17-21H,4-12,16,22H2,1-3H3. The smallest absolute Gasteiger partial charge is 0.350 e. The monoisotopic (exact) mass is 449 g/mol. The van der Waals surface area contributed by atoms with E-state index in [9.17, 15) is 13.2 Å². The Morgan fingerprint density at radius 3 is 2.00 bits per heavy atom. The number of esters is 1. The van der Waals surface area contributed by atoms with E-state index < -0.39 is 15.8 Å². The van der Waals surface area contributed by atoms with Crippen LogP contribution >= 0.6 is 0 Å². The maximum absolute atomic E-state index is 12.9. The number of nitrogens with zero attached hydrogens (tertiary/aromatic N) is 1. The van der Waals surface area contributed by atoms with Crippen molar-refractivity contribution in [1.82, 2.24) is 4.90 Å². The lowest BCUT2D eigenvalue weighted by Gasteiger charge is -2.10. The van der Waals surface area contributed by atoms with Crippen molar-refractivity contribution in [3.8, 4) is 0 Å².